The Labute approximate surface area is 553 Å². The zero-order valence-corrected chi connectivity index (χ0v) is 59.2. The fraction of sp³-hybridized carbons (Fsp3) is 0.732. The molecule has 2 aliphatic rings. The molecule has 2 aromatic rings. The second-order valence-electron chi connectivity index (χ2n) is 27.5. The fourth-order valence-corrected chi connectivity index (χ4v) is 13.3. The summed E-state index contributed by atoms with van der Waals surface area (Å²) in [6.45, 7) is 13.2. The van der Waals surface area contributed by atoms with Crippen LogP contribution in [0.25, 0.3) is 0 Å². The number of unbranched alkanes of at least 4 members (excludes halogenated alkanes) is 45. The molecule has 0 saturated carbocycles. The molecule has 0 aromatic heterocycles. The average Bonchev–Trinajstić information content (AvgIpc) is 1.63. The molecule has 2 aromatic carbocycles. The number of hydrogen-bond acceptors (Lipinski definition) is 7. The molecule has 1 aliphatic carbocycles. The van der Waals surface area contributed by atoms with Crippen molar-refractivity contribution >= 4 is 17.4 Å². The van der Waals surface area contributed by atoms with Gasteiger partial charge in [0.05, 0.1) is 37.8 Å². The summed E-state index contributed by atoms with van der Waals surface area (Å²) in [6.07, 6.45) is 72.3. The highest BCUT2D eigenvalue weighted by Gasteiger charge is 2.43. The molecule has 510 valence electrons. The van der Waals surface area contributed by atoms with Crippen molar-refractivity contribution < 1.29 is 38.2 Å². The molecule has 1 unspecified atom stereocenters. The highest BCUT2D eigenvalue weighted by molar-refractivity contribution is 6.07. The Morgan fingerprint density at radius 1 is 0.422 bits per heavy atom. The van der Waals surface area contributed by atoms with Crippen LogP contribution >= 0.6 is 0 Å². The molecule has 0 fully saturated rings. The number of fused-ring (bicyclic) bond motifs is 1. The molecule has 0 bridgehead atoms. The van der Waals surface area contributed by atoms with E-state index in [9.17, 15) is 9.59 Å². The number of quaternary nitrogens is 1. The Bertz CT molecular complexity index is 2210. The molecule has 0 amide bonds. The number of rotatable bonds is 60. The van der Waals surface area contributed by atoms with Crippen LogP contribution in [0.5, 0.6) is 17.2 Å². The first-order valence-electron chi connectivity index (χ1n) is 38.4. The zero-order chi connectivity index (χ0) is 64.2. The lowest BCUT2D eigenvalue weighted by Crippen LogP contribution is -3.01. The van der Waals surface area contributed by atoms with Crippen LogP contribution in [0.4, 0.5) is 5.69 Å². The van der Waals surface area contributed by atoms with E-state index < -0.39 is 5.97 Å². The number of likely N-dealkylation sites (N-methyl/N-ethyl adjacent to an activating group) is 1. The number of esters is 1. The molecular weight excluding hydrogens is 1110 g/mol. The molecule has 1 atom stereocenters. The number of carbonyl (C=O) groups excluding carboxylic acids is 2. The Balaban J connectivity index is 1.34. The summed E-state index contributed by atoms with van der Waals surface area (Å²) in [5.74, 6) is 1.70. The van der Waals surface area contributed by atoms with Gasteiger partial charge in [0, 0.05) is 11.1 Å². The maximum absolute atomic E-state index is 14.1. The van der Waals surface area contributed by atoms with Crippen molar-refractivity contribution in [2.45, 2.75) is 348 Å². The number of ketones is 1. The minimum absolute atomic E-state index is 0.0317. The van der Waals surface area contributed by atoms with Gasteiger partial charge in [-0.05, 0) is 81.7 Å². The molecule has 1 aliphatic heterocycles. The first-order chi connectivity index (χ1) is 44.2. The average molecular weight is 1250 g/mol. The second kappa shape index (κ2) is 52.1. The molecule has 1 N–H and O–H groups in total. The molecule has 8 heteroatoms. The van der Waals surface area contributed by atoms with Crippen LogP contribution in [0.2, 0.25) is 0 Å². The van der Waals surface area contributed by atoms with Gasteiger partial charge in [0.15, 0.2) is 17.3 Å². The molecule has 90 heavy (non-hydrogen) atoms. The summed E-state index contributed by atoms with van der Waals surface area (Å²) >= 11 is 0. The largest absolute Gasteiger partial charge is 0.490 e. The molecule has 0 spiro atoms. The molecule has 4 rings (SSSR count). The van der Waals surface area contributed by atoms with E-state index in [2.05, 4.69) is 72.0 Å². The van der Waals surface area contributed by atoms with Crippen molar-refractivity contribution in [2.24, 2.45) is 0 Å². The molecule has 0 saturated heterocycles. The summed E-state index contributed by atoms with van der Waals surface area (Å²) < 4.78 is 32.0. The van der Waals surface area contributed by atoms with Crippen LogP contribution in [0, 0.1) is 0 Å². The smallest absolute Gasteiger partial charge is 0.338 e. The van der Waals surface area contributed by atoms with Gasteiger partial charge in [-0.15, -0.1) is 0 Å². The minimum Gasteiger partial charge on any atom is -0.490 e. The van der Waals surface area contributed by atoms with E-state index in [4.69, 9.17) is 23.7 Å². The van der Waals surface area contributed by atoms with Gasteiger partial charge >= 0.3 is 5.97 Å². The number of para-hydroxylation sites is 1. The van der Waals surface area contributed by atoms with Crippen molar-refractivity contribution in [3.63, 3.8) is 0 Å². The van der Waals surface area contributed by atoms with Gasteiger partial charge in [-0.1, -0.05) is 328 Å². The van der Waals surface area contributed by atoms with Crippen molar-refractivity contribution in [1.29, 1.82) is 0 Å². The molecular formula is C82H136NO7+. The quantitative estimate of drug-likeness (QED) is 0.0401. The number of carbonyl (C=O) groups is 2. The van der Waals surface area contributed by atoms with Gasteiger partial charge in [-0.2, -0.15) is 0 Å². The zero-order valence-electron chi connectivity index (χ0n) is 59.2. The van der Waals surface area contributed by atoms with Crippen molar-refractivity contribution in [3.05, 3.63) is 94.9 Å². The van der Waals surface area contributed by atoms with E-state index in [1.165, 1.54) is 292 Å². The fourth-order valence-electron chi connectivity index (χ4n) is 13.3. The monoisotopic (exact) mass is 1250 g/mol. The Morgan fingerprint density at radius 3 is 1.16 bits per heavy atom. The lowest BCUT2D eigenvalue weighted by molar-refractivity contribution is -0.764. The Morgan fingerprint density at radius 2 is 0.778 bits per heavy atom. The first-order valence-corrected chi connectivity index (χ1v) is 38.4. The third-order valence-corrected chi connectivity index (χ3v) is 19.1. The summed E-state index contributed by atoms with van der Waals surface area (Å²) in [5, 5.41) is 0. The van der Waals surface area contributed by atoms with E-state index in [1.807, 2.05) is 6.08 Å². The number of benzene rings is 2. The number of allylic oxidation sites excluding steroid dienone is 7. The van der Waals surface area contributed by atoms with E-state index in [0.29, 0.717) is 54.0 Å². The predicted molar refractivity (Wildman–Crippen MR) is 382 cm³/mol. The van der Waals surface area contributed by atoms with Crippen LogP contribution in [-0.2, 0) is 19.7 Å². The number of nitrogens with one attached hydrogen (secondary N) is 1. The summed E-state index contributed by atoms with van der Waals surface area (Å²) in [7, 11) is 2.16. The van der Waals surface area contributed by atoms with Crippen molar-refractivity contribution in [3.8, 4) is 17.2 Å². The highest BCUT2D eigenvalue weighted by atomic mass is 16.6. The van der Waals surface area contributed by atoms with Gasteiger partial charge in [-0.3, -0.25) is 9.69 Å². The topological polar surface area (TPSA) is 84.7 Å². The summed E-state index contributed by atoms with van der Waals surface area (Å²) in [4.78, 5) is 28.4. The summed E-state index contributed by atoms with van der Waals surface area (Å²) in [6, 6.07) is 12.1. The minimum atomic E-state index is -0.468. The van der Waals surface area contributed by atoms with Gasteiger partial charge in [0.25, 0.3) is 0 Å². The SMILES string of the molecule is CCCCCCCCCCCCCCCCCCOc1cc(C(=O)OCCOC2=CC(=CC=C3[NH+](C)c4ccccc4C3(C)C)C(=O)C=C2)cc(OCCCCCCCCCCCCCCCCCC)c1OCCCCCCCCCCCCCCCCCC. The van der Waals surface area contributed by atoms with Crippen molar-refractivity contribution in [1.82, 2.24) is 0 Å². The van der Waals surface area contributed by atoms with Crippen LogP contribution in [0.15, 0.2) is 83.8 Å². The van der Waals surface area contributed by atoms with Gasteiger partial charge in [0.1, 0.15) is 30.4 Å². The number of ether oxygens (including phenoxy) is 5. The lowest BCUT2D eigenvalue weighted by atomic mass is 9.83. The van der Waals surface area contributed by atoms with Crippen LogP contribution < -0.4 is 19.1 Å². The van der Waals surface area contributed by atoms with Crippen LogP contribution in [0.3, 0.4) is 0 Å². The second-order valence-corrected chi connectivity index (χ2v) is 27.5. The van der Waals surface area contributed by atoms with E-state index in [1.54, 1.807) is 30.4 Å². The van der Waals surface area contributed by atoms with Crippen molar-refractivity contribution in [2.75, 3.05) is 40.1 Å². The molecule has 1 heterocycles. The molecule has 0 radical (unpaired) electrons. The van der Waals surface area contributed by atoms with E-state index in [-0.39, 0.29) is 24.4 Å². The van der Waals surface area contributed by atoms with Crippen LogP contribution in [-0.4, -0.2) is 51.8 Å². The standard InChI is InChI=1S/C82H135NO7/c1-7-10-13-16-19-22-25-28-31-34-37-40-43-46-49-54-63-87-77-69-72(81(85)90-67-66-86-73-60-61-76(84)71(68-73)59-62-79-82(4,5)74-57-52-53-58-75(74)83(79)6)70-78(88-64-55-50-47-44-41-38-35-32-29-26-23-20-17-14-11-8-2)80(77)89-65-56-51-48-45-42-39-36-33-30-27-24-21-18-15-12-9-3/h52-53,57-62,68-70H,7-51,54-56,63-67H2,1-6H3/p+1. The normalized spacial score (nSPS) is 15.2. The van der Waals surface area contributed by atoms with E-state index >= 15 is 0 Å². The predicted octanol–water partition coefficient (Wildman–Crippen LogP) is 23.8. The highest BCUT2D eigenvalue weighted by Crippen LogP contribution is 2.41. The summed E-state index contributed by atoms with van der Waals surface area (Å²) in [5.41, 5.74) is 4.49. The van der Waals surface area contributed by atoms with Gasteiger partial charge in [-0.25, -0.2) is 4.79 Å². The Kier molecular flexibility index (Phi) is 45.3. The third-order valence-electron chi connectivity index (χ3n) is 19.1. The lowest BCUT2D eigenvalue weighted by Gasteiger charge is -2.19. The van der Waals surface area contributed by atoms with Gasteiger partial charge < -0.3 is 23.7 Å². The molecule has 8 nitrogen and oxygen atoms in total. The van der Waals surface area contributed by atoms with Gasteiger partial charge in [0.2, 0.25) is 5.75 Å². The third kappa shape index (κ3) is 34.6. The maximum Gasteiger partial charge on any atom is 0.338 e. The van der Waals surface area contributed by atoms with Crippen LogP contribution in [0.1, 0.15) is 359 Å². The maximum atomic E-state index is 14.1. The number of hydrogen-bond donors (Lipinski definition) is 1. The Hall–Kier alpha value is -4.30. The van der Waals surface area contributed by atoms with E-state index in [0.717, 1.165) is 38.5 Å². The first kappa shape index (κ1) is 78.1.